The Balaban J connectivity index is 1.12. The number of carbonyl (C=O) groups excluding carboxylic acids is 4. The lowest BCUT2D eigenvalue weighted by Crippen LogP contribution is -2.58. The average molecular weight is 789 g/mol. The minimum absolute atomic E-state index is 0.0636. The largest absolute Gasteiger partial charge is 0.444 e. The van der Waals surface area contributed by atoms with Gasteiger partial charge in [-0.1, -0.05) is 0 Å². The molecular formula is C40H59F3N8O5. The molecule has 2 aliphatic carbocycles. The number of hydrogen-bond donors (Lipinski definition) is 4. The number of nitrogens with zero attached hydrogens (tertiary/aromatic N) is 4. The molecule has 310 valence electrons. The maximum atomic E-state index is 13.9. The molecule has 1 saturated heterocycles. The van der Waals surface area contributed by atoms with Gasteiger partial charge in [-0.15, -0.1) is 0 Å². The highest BCUT2D eigenvalue weighted by Crippen LogP contribution is 2.34. The summed E-state index contributed by atoms with van der Waals surface area (Å²) in [5.74, 6) is 0.0451. The quantitative estimate of drug-likeness (QED) is 0.198. The zero-order chi connectivity index (χ0) is 40.8. The number of aromatic nitrogens is 2. The lowest BCUT2D eigenvalue weighted by atomic mass is 9.84. The molecule has 0 unspecified atom stereocenters. The summed E-state index contributed by atoms with van der Waals surface area (Å²) in [6.45, 7) is 10.7. The Morgan fingerprint density at radius 1 is 0.964 bits per heavy atom. The Kier molecular flexibility index (Phi) is 14.1. The monoisotopic (exact) mass is 788 g/mol. The molecule has 1 aromatic carbocycles. The fraction of sp³-hybridized carbons (Fsp3) is 0.700. The summed E-state index contributed by atoms with van der Waals surface area (Å²) in [4.78, 5) is 64.5. The fourth-order valence-electron chi connectivity index (χ4n) is 8.17. The first-order valence-corrected chi connectivity index (χ1v) is 20.0. The summed E-state index contributed by atoms with van der Waals surface area (Å²) in [7, 11) is 2.07. The summed E-state index contributed by atoms with van der Waals surface area (Å²) < 4.78 is 45.8. The van der Waals surface area contributed by atoms with E-state index < -0.39 is 29.5 Å². The molecule has 1 aliphatic heterocycles. The minimum Gasteiger partial charge on any atom is -0.444 e. The van der Waals surface area contributed by atoms with Gasteiger partial charge in [-0.25, -0.2) is 14.8 Å². The predicted molar refractivity (Wildman–Crippen MR) is 207 cm³/mol. The van der Waals surface area contributed by atoms with Crippen molar-refractivity contribution in [3.8, 4) is 0 Å². The van der Waals surface area contributed by atoms with E-state index in [9.17, 15) is 32.3 Å². The van der Waals surface area contributed by atoms with E-state index in [2.05, 4.69) is 57.0 Å². The molecule has 2 heterocycles. The number of alkyl carbamates (subject to hydrolysis) is 1. The number of benzene rings is 1. The van der Waals surface area contributed by atoms with E-state index in [1.165, 1.54) is 12.4 Å². The van der Waals surface area contributed by atoms with Crippen molar-refractivity contribution < 1.29 is 37.1 Å². The summed E-state index contributed by atoms with van der Waals surface area (Å²) in [5.41, 5.74) is -1.04. The Morgan fingerprint density at radius 2 is 1.66 bits per heavy atom. The summed E-state index contributed by atoms with van der Waals surface area (Å²) in [6.07, 6.45) is 3.09. The van der Waals surface area contributed by atoms with E-state index in [-0.39, 0.29) is 72.0 Å². The van der Waals surface area contributed by atoms with Crippen LogP contribution in [0.2, 0.25) is 0 Å². The molecule has 3 aliphatic rings. The van der Waals surface area contributed by atoms with Crippen molar-refractivity contribution in [2.24, 2.45) is 5.92 Å². The maximum Gasteiger partial charge on any atom is 0.416 e. The Bertz CT molecular complexity index is 1690. The van der Waals surface area contributed by atoms with Crippen LogP contribution in [0.25, 0.3) is 10.9 Å². The highest BCUT2D eigenvalue weighted by molar-refractivity contribution is 5.93. The summed E-state index contributed by atoms with van der Waals surface area (Å²) in [6, 6.07) is 2.55. The first-order valence-electron chi connectivity index (χ1n) is 20.0. The zero-order valence-electron chi connectivity index (χ0n) is 33.5. The smallest absolute Gasteiger partial charge is 0.416 e. The SMILES string of the molecule is CC(C)N(C)[C@@H]1CC[C@H](N2CC[C@H](Nc3ncnc4ccc(C(F)(F)F)cc34)C2=O)[C@H](NC(=O)CCCC(=O)N[C@H]2CC[C@@H](CNC(=O)OC(C)(C)C)CC2)C1. The zero-order valence-corrected chi connectivity index (χ0v) is 33.5. The van der Waals surface area contributed by atoms with E-state index in [0.29, 0.717) is 50.2 Å². The third kappa shape index (κ3) is 11.7. The van der Waals surface area contributed by atoms with Crippen LogP contribution in [0.5, 0.6) is 0 Å². The number of carbonyl (C=O) groups is 4. The van der Waals surface area contributed by atoms with Gasteiger partial charge >= 0.3 is 12.3 Å². The van der Waals surface area contributed by atoms with Crippen LogP contribution in [0.1, 0.15) is 111 Å². The molecule has 4 amide bonds. The lowest BCUT2D eigenvalue weighted by molar-refractivity contribution is -0.137. The van der Waals surface area contributed by atoms with E-state index >= 15 is 0 Å². The molecule has 5 rings (SSSR count). The van der Waals surface area contributed by atoms with Gasteiger partial charge in [-0.05, 0) is 124 Å². The van der Waals surface area contributed by atoms with Crippen LogP contribution in [0.15, 0.2) is 24.5 Å². The molecule has 4 atom stereocenters. The Labute approximate surface area is 327 Å². The van der Waals surface area contributed by atoms with Crippen LogP contribution in [-0.4, -0.2) is 106 Å². The third-order valence-corrected chi connectivity index (χ3v) is 11.4. The number of alkyl halides is 3. The lowest BCUT2D eigenvalue weighted by Gasteiger charge is -2.44. The first kappa shape index (κ1) is 42.9. The van der Waals surface area contributed by atoms with Crippen LogP contribution in [0.4, 0.5) is 23.8 Å². The van der Waals surface area contributed by atoms with Gasteiger partial charge in [0.15, 0.2) is 0 Å². The Morgan fingerprint density at radius 3 is 2.32 bits per heavy atom. The van der Waals surface area contributed by atoms with Crippen LogP contribution in [-0.2, 0) is 25.3 Å². The second-order valence-corrected chi connectivity index (χ2v) is 17.0. The number of amides is 4. The second kappa shape index (κ2) is 18.4. The van der Waals surface area contributed by atoms with E-state index in [1.54, 1.807) is 4.90 Å². The predicted octanol–water partition coefficient (Wildman–Crippen LogP) is 5.78. The Hall–Kier alpha value is -4.21. The van der Waals surface area contributed by atoms with E-state index in [0.717, 1.165) is 44.2 Å². The van der Waals surface area contributed by atoms with Gasteiger partial charge in [0.05, 0.1) is 23.2 Å². The van der Waals surface area contributed by atoms with Crippen molar-refractivity contribution >= 4 is 40.5 Å². The van der Waals surface area contributed by atoms with Gasteiger partial charge in [-0.2, -0.15) is 13.2 Å². The normalized spacial score (nSPS) is 24.7. The number of likely N-dealkylation sites (tertiary alicyclic amines) is 1. The van der Waals surface area contributed by atoms with Gasteiger partial charge in [0.2, 0.25) is 17.7 Å². The van der Waals surface area contributed by atoms with Crippen molar-refractivity contribution in [1.82, 2.24) is 35.7 Å². The van der Waals surface area contributed by atoms with Gasteiger partial charge in [0.25, 0.3) is 0 Å². The minimum atomic E-state index is -4.54. The van der Waals surface area contributed by atoms with Crippen LogP contribution < -0.4 is 21.3 Å². The molecule has 16 heteroatoms. The molecule has 1 aromatic heterocycles. The second-order valence-electron chi connectivity index (χ2n) is 17.0. The van der Waals surface area contributed by atoms with Crippen LogP contribution in [0.3, 0.4) is 0 Å². The number of anilines is 1. The number of fused-ring (bicyclic) bond motifs is 1. The van der Waals surface area contributed by atoms with Crippen molar-refractivity contribution in [1.29, 1.82) is 0 Å². The van der Waals surface area contributed by atoms with Crippen LogP contribution in [0, 0.1) is 5.92 Å². The average Bonchev–Trinajstić information content (AvgIpc) is 3.48. The molecule has 0 spiro atoms. The molecule has 56 heavy (non-hydrogen) atoms. The van der Waals surface area contributed by atoms with Gasteiger partial charge < -0.3 is 35.8 Å². The number of hydrogen-bond acceptors (Lipinski definition) is 9. The summed E-state index contributed by atoms with van der Waals surface area (Å²) >= 11 is 0. The molecule has 0 radical (unpaired) electrons. The number of ether oxygens (including phenoxy) is 1. The van der Waals surface area contributed by atoms with Crippen molar-refractivity contribution in [3.05, 3.63) is 30.1 Å². The van der Waals surface area contributed by atoms with Crippen molar-refractivity contribution in [2.75, 3.05) is 25.5 Å². The number of rotatable bonds is 13. The van der Waals surface area contributed by atoms with E-state index in [4.69, 9.17) is 4.74 Å². The molecular weight excluding hydrogens is 729 g/mol. The van der Waals surface area contributed by atoms with E-state index in [1.807, 2.05) is 20.8 Å². The van der Waals surface area contributed by atoms with Gasteiger partial charge in [0.1, 0.15) is 23.8 Å². The van der Waals surface area contributed by atoms with Gasteiger partial charge in [0, 0.05) is 49.4 Å². The molecule has 3 fully saturated rings. The standard InChI is InChI=1S/C40H59F3N8O5/c1-24(2)50(6)28-15-17-33(51-19-18-31(37(51)54)49-36-29-20-26(40(41,42)43)12-16-30(29)45-23-46-36)32(21-28)48-35(53)9-7-8-34(52)47-27-13-10-25(11-14-27)22-44-38(55)56-39(3,4)5/h12,16,20,23-25,27-28,31-33H,7-11,13-15,17-19,21-22H2,1-6H3,(H,44,55)(H,47,52)(H,48,53)(H,45,46,49)/t25-,27+,28-,31+,32-,33+/m1/s1. The topological polar surface area (TPSA) is 158 Å². The maximum absolute atomic E-state index is 13.9. The van der Waals surface area contributed by atoms with Crippen LogP contribution >= 0.6 is 0 Å². The highest BCUT2D eigenvalue weighted by Gasteiger charge is 2.43. The molecule has 0 bridgehead atoms. The molecule has 13 nitrogen and oxygen atoms in total. The van der Waals surface area contributed by atoms with Gasteiger partial charge in [-0.3, -0.25) is 14.4 Å². The summed E-state index contributed by atoms with van der Waals surface area (Å²) in [5, 5.41) is 12.5. The molecule has 4 N–H and O–H groups in total. The molecule has 2 saturated carbocycles. The van der Waals surface area contributed by atoms with Crippen molar-refractivity contribution in [2.45, 2.75) is 153 Å². The third-order valence-electron chi connectivity index (χ3n) is 11.4. The highest BCUT2D eigenvalue weighted by atomic mass is 19.4. The fourth-order valence-corrected chi connectivity index (χ4v) is 8.17. The number of halogens is 3. The molecule has 2 aromatic rings. The first-order chi connectivity index (χ1) is 26.4. The van der Waals surface area contributed by atoms with Crippen molar-refractivity contribution in [3.63, 3.8) is 0 Å². The number of nitrogens with one attached hydrogen (secondary N) is 4.